The molecule has 0 spiro atoms. The molecule has 0 unspecified atom stereocenters. The quantitative estimate of drug-likeness (QED) is 0.582. The van der Waals surface area contributed by atoms with Gasteiger partial charge >= 0.3 is 0 Å². The lowest BCUT2D eigenvalue weighted by Crippen LogP contribution is -2.38. The third-order valence-electron chi connectivity index (χ3n) is 6.00. The summed E-state index contributed by atoms with van der Waals surface area (Å²) in [4.78, 5) is 15.7. The van der Waals surface area contributed by atoms with Crippen LogP contribution in [-0.4, -0.2) is 30.8 Å². The zero-order chi connectivity index (χ0) is 20.5. The molecule has 0 atom stereocenters. The number of methoxy groups -OCH3 is 1. The Balaban J connectivity index is 1.51. The molecule has 6 nitrogen and oxygen atoms in total. The predicted octanol–water partition coefficient (Wildman–Crippen LogP) is 4.89. The molecule has 1 aliphatic carbocycles. The highest BCUT2D eigenvalue weighted by Crippen LogP contribution is 2.35. The van der Waals surface area contributed by atoms with Crippen molar-refractivity contribution in [2.45, 2.75) is 44.9 Å². The molecule has 6 heteroatoms. The molecule has 0 N–H and O–H groups in total. The molecule has 5 rings (SSSR count). The number of rotatable bonds is 6. The predicted molar refractivity (Wildman–Crippen MR) is 112 cm³/mol. The Morgan fingerprint density at radius 3 is 2.73 bits per heavy atom. The van der Waals surface area contributed by atoms with E-state index in [0.717, 1.165) is 53.7 Å². The first-order valence-electron chi connectivity index (χ1n) is 10.4. The molecule has 1 saturated carbocycles. The third kappa shape index (κ3) is 3.41. The van der Waals surface area contributed by atoms with Gasteiger partial charge in [0.1, 0.15) is 5.58 Å². The maximum absolute atomic E-state index is 13.8. The van der Waals surface area contributed by atoms with Crippen molar-refractivity contribution in [3.8, 4) is 11.5 Å². The average Bonchev–Trinajstić information content (AvgIpc) is 3.51. The number of hydrogen-bond donors (Lipinski definition) is 0. The lowest BCUT2D eigenvalue weighted by atomic mass is 10.1. The van der Waals surface area contributed by atoms with E-state index < -0.39 is 0 Å². The van der Waals surface area contributed by atoms with E-state index in [-0.39, 0.29) is 18.7 Å². The van der Waals surface area contributed by atoms with Gasteiger partial charge < -0.3 is 23.5 Å². The van der Waals surface area contributed by atoms with Crippen molar-refractivity contribution in [3.05, 3.63) is 59.4 Å². The van der Waals surface area contributed by atoms with Crippen molar-refractivity contribution in [2.75, 3.05) is 13.9 Å². The van der Waals surface area contributed by atoms with E-state index in [2.05, 4.69) is 0 Å². The standard InChI is InChI=1S/C24H25NO5/c1-27-14-19-18-8-4-5-9-20(18)30-23(19)24(26)25(17-6-2-3-7-17)13-16-10-11-21-22(12-16)29-15-28-21/h4-5,8-12,17H,2-3,6-7,13-15H2,1H3. The van der Waals surface area contributed by atoms with Crippen LogP contribution in [0.1, 0.15) is 47.4 Å². The molecule has 0 bridgehead atoms. The number of carbonyl (C=O) groups is 1. The van der Waals surface area contributed by atoms with Gasteiger partial charge in [-0.25, -0.2) is 0 Å². The maximum atomic E-state index is 13.8. The topological polar surface area (TPSA) is 61.1 Å². The number of fused-ring (bicyclic) bond motifs is 2. The Labute approximate surface area is 175 Å². The minimum atomic E-state index is -0.0807. The number of amides is 1. The van der Waals surface area contributed by atoms with Gasteiger partial charge in [-0.15, -0.1) is 0 Å². The molecule has 0 saturated heterocycles. The van der Waals surface area contributed by atoms with E-state index in [1.54, 1.807) is 7.11 Å². The summed E-state index contributed by atoms with van der Waals surface area (Å²) in [5.74, 6) is 1.78. The molecule has 2 heterocycles. The van der Waals surface area contributed by atoms with Crippen LogP contribution in [0.5, 0.6) is 11.5 Å². The second-order valence-corrected chi connectivity index (χ2v) is 7.90. The van der Waals surface area contributed by atoms with Gasteiger partial charge in [-0.05, 0) is 36.6 Å². The van der Waals surface area contributed by atoms with Gasteiger partial charge in [0.25, 0.3) is 5.91 Å². The molecule has 156 valence electrons. The van der Waals surface area contributed by atoms with E-state index in [1.807, 2.05) is 47.4 Å². The van der Waals surface area contributed by atoms with E-state index in [1.165, 1.54) is 0 Å². The first kappa shape index (κ1) is 19.0. The second kappa shape index (κ2) is 8.03. The lowest BCUT2D eigenvalue weighted by Gasteiger charge is -2.29. The highest BCUT2D eigenvalue weighted by Gasteiger charge is 2.32. The van der Waals surface area contributed by atoms with Crippen molar-refractivity contribution < 1.29 is 23.4 Å². The van der Waals surface area contributed by atoms with Gasteiger partial charge in [-0.2, -0.15) is 0 Å². The van der Waals surface area contributed by atoms with Crippen molar-refractivity contribution in [3.63, 3.8) is 0 Å². The molecule has 1 fully saturated rings. The Bertz CT molecular complexity index is 1070. The second-order valence-electron chi connectivity index (χ2n) is 7.90. The molecular formula is C24H25NO5. The monoisotopic (exact) mass is 407 g/mol. The zero-order valence-electron chi connectivity index (χ0n) is 17.1. The zero-order valence-corrected chi connectivity index (χ0v) is 17.1. The molecule has 2 aliphatic rings. The molecule has 1 aliphatic heterocycles. The van der Waals surface area contributed by atoms with Crippen LogP contribution in [0.2, 0.25) is 0 Å². The SMILES string of the molecule is COCc1c(C(=O)N(Cc2ccc3c(c2)OCO3)C2CCCC2)oc2ccccc12. The molecule has 30 heavy (non-hydrogen) atoms. The summed E-state index contributed by atoms with van der Waals surface area (Å²) >= 11 is 0. The van der Waals surface area contributed by atoms with Crippen LogP contribution in [-0.2, 0) is 17.9 Å². The first-order valence-corrected chi connectivity index (χ1v) is 10.4. The number of nitrogens with zero attached hydrogens (tertiary/aromatic N) is 1. The molecule has 1 amide bonds. The lowest BCUT2D eigenvalue weighted by molar-refractivity contribution is 0.0627. The van der Waals surface area contributed by atoms with Gasteiger partial charge in [0.15, 0.2) is 17.3 Å². The Hall–Kier alpha value is -2.99. The first-order chi connectivity index (χ1) is 14.7. The van der Waals surface area contributed by atoms with Crippen LogP contribution >= 0.6 is 0 Å². The van der Waals surface area contributed by atoms with Gasteiger partial charge in [0.2, 0.25) is 6.79 Å². The molecule has 2 aromatic carbocycles. The Morgan fingerprint density at radius 2 is 1.90 bits per heavy atom. The number of ether oxygens (including phenoxy) is 3. The molecular weight excluding hydrogens is 382 g/mol. The number of benzene rings is 2. The summed E-state index contributed by atoms with van der Waals surface area (Å²) in [6, 6.07) is 13.8. The summed E-state index contributed by atoms with van der Waals surface area (Å²) in [6.45, 7) is 1.08. The number of carbonyl (C=O) groups excluding carboxylic acids is 1. The number of hydrogen-bond acceptors (Lipinski definition) is 5. The van der Waals surface area contributed by atoms with E-state index in [4.69, 9.17) is 18.6 Å². The van der Waals surface area contributed by atoms with E-state index in [9.17, 15) is 4.79 Å². The van der Waals surface area contributed by atoms with Gasteiger partial charge in [0.05, 0.1) is 6.61 Å². The summed E-state index contributed by atoms with van der Waals surface area (Å²) in [7, 11) is 1.64. The summed E-state index contributed by atoms with van der Waals surface area (Å²) < 4.78 is 22.4. The van der Waals surface area contributed by atoms with Crippen LogP contribution < -0.4 is 9.47 Å². The summed E-state index contributed by atoms with van der Waals surface area (Å²) in [6.07, 6.45) is 4.30. The van der Waals surface area contributed by atoms with Crippen molar-refractivity contribution in [1.29, 1.82) is 0 Å². The van der Waals surface area contributed by atoms with Gasteiger partial charge in [-0.1, -0.05) is 37.1 Å². The average molecular weight is 407 g/mol. The fraction of sp³-hybridized carbons (Fsp3) is 0.375. The smallest absolute Gasteiger partial charge is 0.290 e. The highest BCUT2D eigenvalue weighted by atomic mass is 16.7. The Kier molecular flexibility index (Phi) is 5.09. The van der Waals surface area contributed by atoms with Crippen molar-refractivity contribution in [1.82, 2.24) is 4.90 Å². The third-order valence-corrected chi connectivity index (χ3v) is 6.00. The van der Waals surface area contributed by atoms with Crippen LogP contribution in [0, 0.1) is 0 Å². The van der Waals surface area contributed by atoms with Crippen molar-refractivity contribution in [2.24, 2.45) is 0 Å². The number of para-hydroxylation sites is 1. The van der Waals surface area contributed by atoms with Gasteiger partial charge in [-0.3, -0.25) is 4.79 Å². The normalized spacial score (nSPS) is 15.8. The minimum Gasteiger partial charge on any atom is -0.454 e. The van der Waals surface area contributed by atoms with Crippen LogP contribution in [0.25, 0.3) is 11.0 Å². The summed E-state index contributed by atoms with van der Waals surface area (Å²) in [5, 5.41) is 0.928. The molecule has 0 radical (unpaired) electrons. The van der Waals surface area contributed by atoms with Crippen molar-refractivity contribution >= 4 is 16.9 Å². The van der Waals surface area contributed by atoms with Crippen LogP contribution in [0.4, 0.5) is 0 Å². The largest absolute Gasteiger partial charge is 0.454 e. The van der Waals surface area contributed by atoms with Gasteiger partial charge in [0, 0.05) is 30.6 Å². The maximum Gasteiger partial charge on any atom is 0.290 e. The highest BCUT2D eigenvalue weighted by molar-refractivity contribution is 5.99. The van der Waals surface area contributed by atoms with E-state index in [0.29, 0.717) is 24.5 Å². The van der Waals surface area contributed by atoms with E-state index >= 15 is 0 Å². The van der Waals surface area contributed by atoms with Crippen LogP contribution in [0.15, 0.2) is 46.9 Å². The molecule has 3 aromatic rings. The number of furan rings is 1. The summed E-state index contributed by atoms with van der Waals surface area (Å²) in [5.41, 5.74) is 2.54. The Morgan fingerprint density at radius 1 is 1.10 bits per heavy atom. The van der Waals surface area contributed by atoms with Crippen LogP contribution in [0.3, 0.4) is 0 Å². The fourth-order valence-electron chi connectivity index (χ4n) is 4.51. The molecule has 1 aromatic heterocycles. The minimum absolute atomic E-state index is 0.0807. The fourth-order valence-corrected chi connectivity index (χ4v) is 4.51.